The maximum atomic E-state index is 13.8. The molecule has 4 heterocycles. The number of aromatic nitrogens is 5. The standard InChI is InChI=1S/C28H26N6O4/c1-31-14-12-29-25(31)17-32-13-10-21(16-32)34-26-23(3-2-11-30-26)33(28(34)38)20-7-4-18(5-8-20)19-6-9-24(35)22(15-19)27(36)37/h2-9,11-12,14-15,21,35H,10,13,16-17H2,1H3,(H,36,37). The first-order valence-electron chi connectivity index (χ1n) is 12.3. The molecule has 0 aliphatic carbocycles. The van der Waals surface area contributed by atoms with Crippen molar-refractivity contribution in [3.63, 3.8) is 0 Å². The number of likely N-dealkylation sites (tertiary alicyclic amines) is 1. The Balaban J connectivity index is 1.34. The van der Waals surface area contributed by atoms with Gasteiger partial charge in [-0.25, -0.2) is 19.6 Å². The fourth-order valence-corrected chi connectivity index (χ4v) is 5.23. The molecular weight excluding hydrogens is 484 g/mol. The van der Waals surface area contributed by atoms with E-state index in [1.165, 1.54) is 12.1 Å². The van der Waals surface area contributed by atoms with Gasteiger partial charge in [0.2, 0.25) is 0 Å². The fraction of sp³-hybridized carbons (Fsp3) is 0.214. The second-order valence-corrected chi connectivity index (χ2v) is 9.55. The third-order valence-corrected chi connectivity index (χ3v) is 7.22. The molecule has 5 aromatic rings. The molecule has 10 heteroatoms. The van der Waals surface area contributed by atoms with Crippen molar-refractivity contribution in [3.05, 3.63) is 95.1 Å². The molecule has 1 unspecified atom stereocenters. The van der Waals surface area contributed by atoms with Crippen molar-refractivity contribution < 1.29 is 15.0 Å². The number of imidazole rings is 2. The highest BCUT2D eigenvalue weighted by molar-refractivity contribution is 5.92. The Morgan fingerprint density at radius 1 is 1.05 bits per heavy atom. The summed E-state index contributed by atoms with van der Waals surface area (Å²) in [5, 5.41) is 19.2. The average molecular weight is 511 g/mol. The van der Waals surface area contributed by atoms with Gasteiger partial charge in [-0.2, -0.15) is 0 Å². The van der Waals surface area contributed by atoms with E-state index in [1.807, 2.05) is 54.2 Å². The van der Waals surface area contributed by atoms with Crippen molar-refractivity contribution in [3.8, 4) is 22.6 Å². The van der Waals surface area contributed by atoms with E-state index in [4.69, 9.17) is 0 Å². The maximum absolute atomic E-state index is 13.8. The minimum atomic E-state index is -1.20. The van der Waals surface area contributed by atoms with Crippen molar-refractivity contribution in [2.75, 3.05) is 13.1 Å². The van der Waals surface area contributed by atoms with Crippen LogP contribution in [0, 0.1) is 0 Å². The summed E-state index contributed by atoms with van der Waals surface area (Å²) >= 11 is 0. The van der Waals surface area contributed by atoms with Crippen LogP contribution in [0.2, 0.25) is 0 Å². The first kappa shape index (κ1) is 23.7. The van der Waals surface area contributed by atoms with Crippen molar-refractivity contribution in [2.45, 2.75) is 19.0 Å². The Kier molecular flexibility index (Phi) is 5.80. The van der Waals surface area contributed by atoms with E-state index in [2.05, 4.69) is 14.9 Å². The SMILES string of the molecule is Cn1ccnc1CN1CCC(n2c(=O)n(-c3ccc(-c4ccc(O)c(C(=O)O)c4)cc3)c3cccnc32)C1. The number of aromatic carboxylic acids is 1. The van der Waals surface area contributed by atoms with Gasteiger partial charge >= 0.3 is 11.7 Å². The van der Waals surface area contributed by atoms with E-state index >= 15 is 0 Å². The van der Waals surface area contributed by atoms with Gasteiger partial charge in [-0.3, -0.25) is 14.0 Å². The quantitative estimate of drug-likeness (QED) is 0.359. The molecule has 1 atom stereocenters. The van der Waals surface area contributed by atoms with Crippen LogP contribution in [0.5, 0.6) is 5.75 Å². The Morgan fingerprint density at radius 2 is 1.84 bits per heavy atom. The predicted molar refractivity (Wildman–Crippen MR) is 142 cm³/mol. The van der Waals surface area contributed by atoms with Crippen LogP contribution in [0.4, 0.5) is 0 Å². The summed E-state index contributed by atoms with van der Waals surface area (Å²) in [5.74, 6) is -0.490. The molecule has 3 aromatic heterocycles. The van der Waals surface area contributed by atoms with Gasteiger partial charge < -0.3 is 14.8 Å². The number of carbonyl (C=O) groups is 1. The third kappa shape index (κ3) is 4.04. The molecule has 192 valence electrons. The van der Waals surface area contributed by atoms with Crippen LogP contribution in [0.25, 0.3) is 28.0 Å². The zero-order valence-electron chi connectivity index (χ0n) is 20.7. The number of hydrogen-bond acceptors (Lipinski definition) is 6. The Bertz CT molecular complexity index is 1720. The second kappa shape index (κ2) is 9.31. The van der Waals surface area contributed by atoms with E-state index in [-0.39, 0.29) is 23.0 Å². The highest BCUT2D eigenvalue weighted by Gasteiger charge is 2.29. The maximum Gasteiger partial charge on any atom is 0.339 e. The molecule has 0 radical (unpaired) electrons. The van der Waals surface area contributed by atoms with E-state index in [0.717, 1.165) is 43.0 Å². The number of phenols is 1. The number of aromatic hydroxyl groups is 1. The van der Waals surface area contributed by atoms with Gasteiger partial charge in [0.15, 0.2) is 5.65 Å². The topological polar surface area (TPSA) is 118 Å². The van der Waals surface area contributed by atoms with Crippen molar-refractivity contribution in [2.24, 2.45) is 7.05 Å². The fourth-order valence-electron chi connectivity index (χ4n) is 5.23. The smallest absolute Gasteiger partial charge is 0.339 e. The molecule has 0 spiro atoms. The largest absolute Gasteiger partial charge is 0.507 e. The third-order valence-electron chi connectivity index (χ3n) is 7.22. The lowest BCUT2D eigenvalue weighted by Gasteiger charge is -2.16. The number of carboxylic acid groups (broad SMARTS) is 1. The van der Waals surface area contributed by atoms with Gasteiger partial charge in [0, 0.05) is 38.7 Å². The van der Waals surface area contributed by atoms with Gasteiger partial charge in [0.05, 0.1) is 23.8 Å². The minimum Gasteiger partial charge on any atom is -0.507 e. The number of benzene rings is 2. The average Bonchev–Trinajstić information content (AvgIpc) is 3.61. The van der Waals surface area contributed by atoms with E-state index in [9.17, 15) is 19.8 Å². The predicted octanol–water partition coefficient (Wildman–Crippen LogP) is 3.44. The van der Waals surface area contributed by atoms with Crippen LogP contribution in [-0.4, -0.2) is 57.8 Å². The lowest BCUT2D eigenvalue weighted by atomic mass is 10.0. The number of carboxylic acids is 1. The Labute approximate surface area is 217 Å². The Hall–Kier alpha value is -4.70. The van der Waals surface area contributed by atoms with Crippen LogP contribution < -0.4 is 5.69 Å². The highest BCUT2D eigenvalue weighted by atomic mass is 16.4. The molecule has 1 saturated heterocycles. The number of hydrogen-bond donors (Lipinski definition) is 2. The summed E-state index contributed by atoms with van der Waals surface area (Å²) in [7, 11) is 1.98. The number of rotatable bonds is 6. The molecule has 2 aromatic carbocycles. The summed E-state index contributed by atoms with van der Waals surface area (Å²) in [6.07, 6.45) is 6.27. The van der Waals surface area contributed by atoms with Crippen molar-refractivity contribution in [1.29, 1.82) is 0 Å². The normalized spacial score (nSPS) is 15.9. The van der Waals surface area contributed by atoms with Gasteiger partial charge in [-0.05, 0) is 53.9 Å². The molecule has 38 heavy (non-hydrogen) atoms. The zero-order valence-corrected chi connectivity index (χ0v) is 20.7. The molecule has 10 nitrogen and oxygen atoms in total. The molecule has 0 saturated carbocycles. The number of aryl methyl sites for hydroxylation is 1. The summed E-state index contributed by atoms with van der Waals surface area (Å²) in [6, 6.07) is 15.5. The number of pyridine rings is 1. The van der Waals surface area contributed by atoms with Crippen LogP contribution >= 0.6 is 0 Å². The molecule has 0 amide bonds. The van der Waals surface area contributed by atoms with Crippen molar-refractivity contribution >= 4 is 17.1 Å². The molecule has 1 fully saturated rings. The zero-order chi connectivity index (χ0) is 26.4. The first-order valence-corrected chi connectivity index (χ1v) is 12.3. The van der Waals surface area contributed by atoms with Crippen LogP contribution in [0.3, 0.4) is 0 Å². The minimum absolute atomic E-state index is 0.00729. The summed E-state index contributed by atoms with van der Waals surface area (Å²) in [5.41, 5.74) is 3.18. The summed E-state index contributed by atoms with van der Waals surface area (Å²) < 4.78 is 5.49. The Morgan fingerprint density at radius 3 is 2.58 bits per heavy atom. The number of fused-ring (bicyclic) bond motifs is 1. The molecule has 6 rings (SSSR count). The van der Waals surface area contributed by atoms with E-state index in [1.54, 1.807) is 27.6 Å². The van der Waals surface area contributed by atoms with Crippen LogP contribution in [0.1, 0.15) is 28.6 Å². The molecule has 1 aliphatic heterocycles. The summed E-state index contributed by atoms with van der Waals surface area (Å²) in [6.45, 7) is 2.32. The monoisotopic (exact) mass is 510 g/mol. The van der Waals surface area contributed by atoms with Gasteiger partial charge in [0.25, 0.3) is 0 Å². The van der Waals surface area contributed by atoms with Crippen LogP contribution in [0.15, 0.2) is 78.0 Å². The van der Waals surface area contributed by atoms with Crippen LogP contribution in [-0.2, 0) is 13.6 Å². The van der Waals surface area contributed by atoms with Crippen molar-refractivity contribution in [1.82, 2.24) is 28.6 Å². The molecule has 1 aliphatic rings. The summed E-state index contributed by atoms with van der Waals surface area (Å²) in [4.78, 5) is 36.6. The first-order chi connectivity index (χ1) is 18.4. The van der Waals surface area contributed by atoms with Gasteiger partial charge in [-0.15, -0.1) is 0 Å². The lowest BCUT2D eigenvalue weighted by molar-refractivity contribution is 0.0694. The van der Waals surface area contributed by atoms with Gasteiger partial charge in [-0.1, -0.05) is 18.2 Å². The second-order valence-electron chi connectivity index (χ2n) is 9.55. The van der Waals surface area contributed by atoms with Gasteiger partial charge in [0.1, 0.15) is 17.1 Å². The number of nitrogens with zero attached hydrogens (tertiary/aromatic N) is 6. The molecular formula is C28H26N6O4. The highest BCUT2D eigenvalue weighted by Crippen LogP contribution is 2.29. The lowest BCUT2D eigenvalue weighted by Crippen LogP contribution is -2.29. The molecule has 2 N–H and O–H groups in total. The molecule has 0 bridgehead atoms. The van der Waals surface area contributed by atoms with E-state index in [0.29, 0.717) is 16.9 Å². The van der Waals surface area contributed by atoms with E-state index < -0.39 is 5.97 Å².